The van der Waals surface area contributed by atoms with Gasteiger partial charge >= 0.3 is 0 Å². The summed E-state index contributed by atoms with van der Waals surface area (Å²) in [6, 6.07) is 2.81. The summed E-state index contributed by atoms with van der Waals surface area (Å²) in [5, 5.41) is 8.29. The number of rotatable bonds is 2. The largest absolute Gasteiger partial charge is 0.298 e. The van der Waals surface area contributed by atoms with Gasteiger partial charge in [-0.3, -0.25) is 9.80 Å². The Morgan fingerprint density at radius 3 is 3.07 bits per heavy atom. The molecule has 0 spiro atoms. The Kier molecular flexibility index (Phi) is 3.27. The Hall–Kier alpha value is -0.300. The number of hydrogen-bond acceptors (Lipinski definition) is 3. The minimum absolute atomic E-state index is 0.344. The van der Waals surface area contributed by atoms with Crippen LogP contribution in [0.5, 0.6) is 0 Å². The molecule has 0 aromatic rings. The van der Waals surface area contributed by atoms with E-state index < -0.39 is 0 Å². The van der Waals surface area contributed by atoms with Crippen LogP contribution in [0, 0.1) is 11.3 Å². The number of fused-ring (bicyclic) bond motifs is 1. The van der Waals surface area contributed by atoms with Crippen LogP contribution in [0.15, 0.2) is 0 Å². The van der Waals surface area contributed by atoms with Gasteiger partial charge in [0.05, 0.1) is 6.07 Å². The van der Waals surface area contributed by atoms with Crippen LogP contribution >= 0.6 is 11.6 Å². The molecule has 0 saturated carbocycles. The molecule has 0 aromatic carbocycles. The molecular formula is C10H16ClN3. The molecule has 14 heavy (non-hydrogen) atoms. The Bertz CT molecular complexity index is 238. The fourth-order valence-corrected chi connectivity index (χ4v) is 2.68. The van der Waals surface area contributed by atoms with Crippen LogP contribution in [0.1, 0.15) is 12.8 Å². The number of alkyl halides is 1. The van der Waals surface area contributed by atoms with E-state index in [-0.39, 0.29) is 5.38 Å². The van der Waals surface area contributed by atoms with E-state index in [0.717, 1.165) is 32.2 Å². The first-order valence-corrected chi connectivity index (χ1v) is 5.73. The standard InChI is InChI=1S/C10H16ClN3/c11-9(6-12)7-13-4-5-14-3-1-2-10(14)8-13/h9-10H,1-5,7-8H2. The van der Waals surface area contributed by atoms with Gasteiger partial charge in [0.2, 0.25) is 0 Å². The van der Waals surface area contributed by atoms with Crippen LogP contribution in [-0.4, -0.2) is 53.9 Å². The number of hydrogen-bond donors (Lipinski definition) is 0. The maximum Gasteiger partial charge on any atom is 0.133 e. The molecule has 2 fully saturated rings. The topological polar surface area (TPSA) is 30.3 Å². The molecule has 2 saturated heterocycles. The van der Waals surface area contributed by atoms with Crippen molar-refractivity contribution in [1.82, 2.24) is 9.80 Å². The average Bonchev–Trinajstić information content (AvgIpc) is 2.64. The quantitative estimate of drug-likeness (QED) is 0.639. The first-order chi connectivity index (χ1) is 6.79. The summed E-state index contributed by atoms with van der Waals surface area (Å²) < 4.78 is 0. The van der Waals surface area contributed by atoms with E-state index in [9.17, 15) is 0 Å². The fraction of sp³-hybridized carbons (Fsp3) is 0.900. The Balaban J connectivity index is 1.83. The lowest BCUT2D eigenvalue weighted by Gasteiger charge is -2.37. The highest BCUT2D eigenvalue weighted by Crippen LogP contribution is 2.21. The van der Waals surface area contributed by atoms with Crippen LogP contribution in [0.25, 0.3) is 0 Å². The average molecular weight is 214 g/mol. The summed E-state index contributed by atoms with van der Waals surface area (Å²) in [6.45, 7) is 5.31. The maximum absolute atomic E-state index is 8.63. The lowest BCUT2D eigenvalue weighted by Crippen LogP contribution is -2.51. The lowest BCUT2D eigenvalue weighted by atomic mass is 10.1. The molecule has 0 aliphatic carbocycles. The summed E-state index contributed by atoms with van der Waals surface area (Å²) in [7, 11) is 0. The van der Waals surface area contributed by atoms with Gasteiger partial charge in [-0.25, -0.2) is 0 Å². The second kappa shape index (κ2) is 4.48. The van der Waals surface area contributed by atoms with Gasteiger partial charge in [-0.15, -0.1) is 11.6 Å². The second-order valence-corrected chi connectivity index (χ2v) is 4.72. The number of nitrogens with zero attached hydrogens (tertiary/aromatic N) is 3. The highest BCUT2D eigenvalue weighted by molar-refractivity contribution is 6.22. The molecule has 2 atom stereocenters. The number of halogens is 1. The summed E-state index contributed by atoms with van der Waals surface area (Å²) >= 11 is 5.83. The molecule has 0 bridgehead atoms. The van der Waals surface area contributed by atoms with E-state index >= 15 is 0 Å². The highest BCUT2D eigenvalue weighted by Gasteiger charge is 2.30. The van der Waals surface area contributed by atoms with E-state index in [1.807, 2.05) is 0 Å². The van der Waals surface area contributed by atoms with Crippen molar-refractivity contribution in [2.75, 3.05) is 32.7 Å². The first-order valence-electron chi connectivity index (χ1n) is 5.29. The van der Waals surface area contributed by atoms with Gasteiger partial charge in [0, 0.05) is 32.2 Å². The predicted octanol–water partition coefficient (Wildman–Crippen LogP) is 0.897. The van der Waals surface area contributed by atoms with Gasteiger partial charge < -0.3 is 0 Å². The van der Waals surface area contributed by atoms with E-state index in [1.54, 1.807) is 0 Å². The lowest BCUT2D eigenvalue weighted by molar-refractivity contribution is 0.107. The third-order valence-corrected chi connectivity index (χ3v) is 3.47. The van der Waals surface area contributed by atoms with Crippen LogP contribution in [-0.2, 0) is 0 Å². The summed E-state index contributed by atoms with van der Waals surface area (Å²) in [4.78, 5) is 4.89. The van der Waals surface area contributed by atoms with Crippen molar-refractivity contribution in [2.24, 2.45) is 0 Å². The van der Waals surface area contributed by atoms with Crippen molar-refractivity contribution in [3.63, 3.8) is 0 Å². The van der Waals surface area contributed by atoms with Crippen LogP contribution in [0.3, 0.4) is 0 Å². The van der Waals surface area contributed by atoms with Crippen molar-refractivity contribution in [3.8, 4) is 6.07 Å². The first kappa shape index (κ1) is 10.2. The fourth-order valence-electron chi connectivity index (χ4n) is 2.49. The van der Waals surface area contributed by atoms with E-state index in [2.05, 4.69) is 15.9 Å². The number of nitriles is 1. The molecule has 0 aromatic heterocycles. The monoisotopic (exact) mass is 213 g/mol. The summed E-state index contributed by atoms with van der Waals surface area (Å²) in [5.41, 5.74) is 0. The zero-order chi connectivity index (χ0) is 9.97. The van der Waals surface area contributed by atoms with Crippen molar-refractivity contribution in [1.29, 1.82) is 5.26 Å². The molecule has 2 rings (SSSR count). The van der Waals surface area contributed by atoms with Crippen LogP contribution in [0.4, 0.5) is 0 Å². The van der Waals surface area contributed by atoms with Crippen molar-refractivity contribution in [3.05, 3.63) is 0 Å². The zero-order valence-electron chi connectivity index (χ0n) is 8.32. The van der Waals surface area contributed by atoms with E-state index in [0.29, 0.717) is 0 Å². The molecule has 2 aliphatic rings. The smallest absolute Gasteiger partial charge is 0.133 e. The highest BCUT2D eigenvalue weighted by atomic mass is 35.5. The Labute approximate surface area is 90.2 Å². The Morgan fingerprint density at radius 1 is 1.43 bits per heavy atom. The molecule has 3 nitrogen and oxygen atoms in total. The van der Waals surface area contributed by atoms with Gasteiger partial charge in [-0.1, -0.05) is 0 Å². The van der Waals surface area contributed by atoms with Gasteiger partial charge in [0.1, 0.15) is 5.38 Å². The minimum Gasteiger partial charge on any atom is -0.298 e. The van der Waals surface area contributed by atoms with E-state index in [4.69, 9.17) is 16.9 Å². The van der Waals surface area contributed by atoms with Crippen molar-refractivity contribution >= 4 is 11.6 Å². The van der Waals surface area contributed by atoms with Crippen molar-refractivity contribution in [2.45, 2.75) is 24.3 Å². The maximum atomic E-state index is 8.63. The third kappa shape index (κ3) is 2.20. The number of piperazine rings is 1. The summed E-state index contributed by atoms with van der Waals surface area (Å²) in [5.74, 6) is 0. The molecule has 2 heterocycles. The van der Waals surface area contributed by atoms with Crippen LogP contribution in [0.2, 0.25) is 0 Å². The molecular weight excluding hydrogens is 198 g/mol. The van der Waals surface area contributed by atoms with Gasteiger partial charge in [0.15, 0.2) is 0 Å². The second-order valence-electron chi connectivity index (χ2n) is 4.19. The van der Waals surface area contributed by atoms with Crippen LogP contribution < -0.4 is 0 Å². The van der Waals surface area contributed by atoms with Gasteiger partial charge in [-0.2, -0.15) is 5.26 Å². The minimum atomic E-state index is -0.344. The molecule has 2 aliphatic heterocycles. The SMILES string of the molecule is N#CC(Cl)CN1CCN2CCCC2C1. The molecule has 4 heteroatoms. The molecule has 78 valence electrons. The third-order valence-electron chi connectivity index (χ3n) is 3.23. The normalized spacial score (nSPS) is 31.0. The molecule has 0 amide bonds. The predicted molar refractivity (Wildman–Crippen MR) is 56.3 cm³/mol. The van der Waals surface area contributed by atoms with Crippen molar-refractivity contribution < 1.29 is 0 Å². The molecule has 0 N–H and O–H groups in total. The van der Waals surface area contributed by atoms with Gasteiger partial charge in [0.25, 0.3) is 0 Å². The van der Waals surface area contributed by atoms with E-state index in [1.165, 1.54) is 19.4 Å². The molecule has 0 radical (unpaired) electrons. The zero-order valence-corrected chi connectivity index (χ0v) is 9.08. The Morgan fingerprint density at radius 2 is 2.29 bits per heavy atom. The van der Waals surface area contributed by atoms with Gasteiger partial charge in [-0.05, 0) is 19.4 Å². The summed E-state index contributed by atoms with van der Waals surface area (Å²) in [6.07, 6.45) is 2.65. The molecule has 2 unspecified atom stereocenters.